The summed E-state index contributed by atoms with van der Waals surface area (Å²) in [5.74, 6) is 0. The van der Waals surface area contributed by atoms with E-state index in [-0.39, 0.29) is 0 Å². The molecular formula is C13H7Cl2N3. The van der Waals surface area contributed by atoms with E-state index in [1.54, 1.807) is 12.3 Å². The van der Waals surface area contributed by atoms with Crippen LogP contribution < -0.4 is 0 Å². The second-order valence-corrected chi connectivity index (χ2v) is 4.52. The highest BCUT2D eigenvalue weighted by molar-refractivity contribution is 6.34. The van der Waals surface area contributed by atoms with E-state index in [0.29, 0.717) is 10.3 Å². The van der Waals surface area contributed by atoms with Crippen LogP contribution in [0.2, 0.25) is 10.3 Å². The monoisotopic (exact) mass is 275 g/mol. The maximum Gasteiger partial charge on any atom is 0.159 e. The fraction of sp³-hybridized carbons (Fsp3) is 0. The van der Waals surface area contributed by atoms with Crippen LogP contribution in [0.3, 0.4) is 0 Å². The van der Waals surface area contributed by atoms with Gasteiger partial charge < -0.3 is 0 Å². The molecule has 88 valence electrons. The molecule has 0 bridgehead atoms. The smallest absolute Gasteiger partial charge is 0.159 e. The molecule has 0 saturated carbocycles. The number of hydrogen-bond acceptors (Lipinski definition) is 3. The maximum atomic E-state index is 6.08. The number of nitrogens with zero attached hydrogens (tertiary/aromatic N) is 3. The fourth-order valence-electron chi connectivity index (χ4n) is 1.90. The molecule has 2 heterocycles. The van der Waals surface area contributed by atoms with E-state index in [0.717, 1.165) is 21.9 Å². The Balaban J connectivity index is 2.35. The molecule has 0 unspecified atom stereocenters. The molecule has 0 atom stereocenters. The third kappa shape index (κ3) is 1.92. The van der Waals surface area contributed by atoms with Crippen LogP contribution >= 0.6 is 23.2 Å². The maximum absolute atomic E-state index is 6.08. The van der Waals surface area contributed by atoms with Crippen LogP contribution in [-0.4, -0.2) is 15.2 Å². The Hall–Kier alpha value is -1.71. The predicted octanol–water partition coefficient (Wildman–Crippen LogP) is 4.00. The Morgan fingerprint density at radius 2 is 1.83 bits per heavy atom. The molecular weight excluding hydrogens is 269 g/mol. The molecule has 0 saturated heterocycles. The minimum Gasteiger partial charge on any atom is -0.264 e. The molecule has 0 aliphatic rings. The van der Waals surface area contributed by atoms with Crippen molar-refractivity contribution in [3.8, 4) is 11.1 Å². The third-order valence-electron chi connectivity index (χ3n) is 2.69. The van der Waals surface area contributed by atoms with Gasteiger partial charge in [-0.1, -0.05) is 41.4 Å². The molecule has 0 radical (unpaired) electrons. The summed E-state index contributed by atoms with van der Waals surface area (Å²) in [5.41, 5.74) is 1.74. The highest BCUT2D eigenvalue weighted by Gasteiger charge is 2.09. The number of pyridine rings is 1. The largest absolute Gasteiger partial charge is 0.264 e. The lowest BCUT2D eigenvalue weighted by Crippen LogP contribution is -1.89. The molecule has 0 aliphatic carbocycles. The van der Waals surface area contributed by atoms with Crippen LogP contribution in [0.4, 0.5) is 0 Å². The summed E-state index contributed by atoms with van der Waals surface area (Å²) in [6, 6.07) is 9.57. The van der Waals surface area contributed by atoms with Crippen molar-refractivity contribution in [2.24, 2.45) is 0 Å². The van der Waals surface area contributed by atoms with Gasteiger partial charge in [-0.2, -0.15) is 0 Å². The average Bonchev–Trinajstić information content (AvgIpc) is 2.41. The fourth-order valence-corrected chi connectivity index (χ4v) is 2.24. The zero-order valence-electron chi connectivity index (χ0n) is 9.14. The van der Waals surface area contributed by atoms with Crippen molar-refractivity contribution in [3.63, 3.8) is 0 Å². The van der Waals surface area contributed by atoms with E-state index >= 15 is 0 Å². The van der Waals surface area contributed by atoms with Crippen LogP contribution in [0.25, 0.3) is 21.9 Å². The summed E-state index contributed by atoms with van der Waals surface area (Å²) in [6.07, 6.45) is 3.55. The summed E-state index contributed by atoms with van der Waals surface area (Å²) in [4.78, 5) is 4.10. The van der Waals surface area contributed by atoms with Crippen LogP contribution in [-0.2, 0) is 0 Å². The standard InChI is InChI=1S/C13H7Cl2N3/c14-12-6-11(13(15)18-17-12)10-3-1-2-8-7-16-5-4-9(8)10/h1-7H. The molecule has 18 heavy (non-hydrogen) atoms. The molecule has 3 nitrogen and oxygen atoms in total. The Labute approximate surface area is 113 Å². The lowest BCUT2D eigenvalue weighted by atomic mass is 10.0. The predicted molar refractivity (Wildman–Crippen MR) is 72.8 cm³/mol. The summed E-state index contributed by atoms with van der Waals surface area (Å²) >= 11 is 12.0. The number of fused-ring (bicyclic) bond motifs is 1. The van der Waals surface area contributed by atoms with Gasteiger partial charge in [0.2, 0.25) is 0 Å². The Bertz CT molecular complexity index is 723. The van der Waals surface area contributed by atoms with Gasteiger partial charge >= 0.3 is 0 Å². The van der Waals surface area contributed by atoms with Gasteiger partial charge in [0.15, 0.2) is 10.3 Å². The Kier molecular flexibility index (Phi) is 2.86. The van der Waals surface area contributed by atoms with Crippen LogP contribution in [0.15, 0.2) is 42.7 Å². The van der Waals surface area contributed by atoms with Crippen molar-refractivity contribution in [3.05, 3.63) is 53.0 Å². The zero-order valence-corrected chi connectivity index (χ0v) is 10.7. The topological polar surface area (TPSA) is 38.7 Å². The van der Waals surface area contributed by atoms with Gasteiger partial charge in [-0.3, -0.25) is 4.98 Å². The van der Waals surface area contributed by atoms with E-state index in [4.69, 9.17) is 23.2 Å². The van der Waals surface area contributed by atoms with E-state index < -0.39 is 0 Å². The minimum atomic E-state index is 0.320. The molecule has 5 heteroatoms. The Morgan fingerprint density at radius 3 is 2.72 bits per heavy atom. The number of hydrogen-bond donors (Lipinski definition) is 0. The lowest BCUT2D eigenvalue weighted by Gasteiger charge is -2.07. The van der Waals surface area contributed by atoms with Crippen molar-refractivity contribution in [2.45, 2.75) is 0 Å². The second kappa shape index (κ2) is 4.52. The van der Waals surface area contributed by atoms with Crippen LogP contribution in [0.5, 0.6) is 0 Å². The number of halogens is 2. The zero-order chi connectivity index (χ0) is 12.5. The van der Waals surface area contributed by atoms with Gasteiger partial charge in [0, 0.05) is 23.3 Å². The molecule has 0 aliphatic heterocycles. The first-order chi connectivity index (χ1) is 8.75. The first kappa shape index (κ1) is 11.4. The molecule has 1 aromatic carbocycles. The van der Waals surface area contributed by atoms with Gasteiger partial charge in [-0.05, 0) is 23.1 Å². The van der Waals surface area contributed by atoms with Crippen molar-refractivity contribution in [1.82, 2.24) is 15.2 Å². The molecule has 0 fully saturated rings. The van der Waals surface area contributed by atoms with Gasteiger partial charge in [0.05, 0.1) is 0 Å². The van der Waals surface area contributed by atoms with Crippen LogP contribution in [0, 0.1) is 0 Å². The van der Waals surface area contributed by atoms with Crippen molar-refractivity contribution < 1.29 is 0 Å². The summed E-state index contributed by atoms with van der Waals surface area (Å²) in [5, 5.41) is 10.3. The highest BCUT2D eigenvalue weighted by atomic mass is 35.5. The molecule has 0 amide bonds. The third-order valence-corrected chi connectivity index (χ3v) is 3.15. The Morgan fingerprint density at radius 1 is 0.944 bits per heavy atom. The molecule has 3 rings (SSSR count). The lowest BCUT2D eigenvalue weighted by molar-refractivity contribution is 1.03. The van der Waals surface area contributed by atoms with E-state index in [2.05, 4.69) is 15.2 Å². The first-order valence-electron chi connectivity index (χ1n) is 5.27. The molecule has 0 spiro atoms. The quantitative estimate of drug-likeness (QED) is 0.674. The number of rotatable bonds is 1. The van der Waals surface area contributed by atoms with E-state index in [9.17, 15) is 0 Å². The van der Waals surface area contributed by atoms with E-state index in [1.807, 2.05) is 30.5 Å². The molecule has 2 aromatic heterocycles. The van der Waals surface area contributed by atoms with Gasteiger partial charge in [0.1, 0.15) is 0 Å². The van der Waals surface area contributed by atoms with Gasteiger partial charge in [-0.15, -0.1) is 10.2 Å². The van der Waals surface area contributed by atoms with Crippen LogP contribution in [0.1, 0.15) is 0 Å². The molecule has 3 aromatic rings. The molecule has 0 N–H and O–H groups in total. The average molecular weight is 276 g/mol. The van der Waals surface area contributed by atoms with Gasteiger partial charge in [0.25, 0.3) is 0 Å². The summed E-state index contributed by atoms with van der Waals surface area (Å²) in [7, 11) is 0. The van der Waals surface area contributed by atoms with Crippen molar-refractivity contribution >= 4 is 34.0 Å². The highest BCUT2D eigenvalue weighted by Crippen LogP contribution is 2.32. The first-order valence-corrected chi connectivity index (χ1v) is 6.03. The SMILES string of the molecule is Clc1cc(-c2cccc3cnccc23)c(Cl)nn1. The number of benzene rings is 1. The second-order valence-electron chi connectivity index (χ2n) is 3.77. The summed E-state index contributed by atoms with van der Waals surface area (Å²) in [6.45, 7) is 0. The normalized spacial score (nSPS) is 10.8. The number of aromatic nitrogens is 3. The minimum absolute atomic E-state index is 0.320. The van der Waals surface area contributed by atoms with E-state index in [1.165, 1.54) is 0 Å². The van der Waals surface area contributed by atoms with Gasteiger partial charge in [-0.25, -0.2) is 0 Å². The van der Waals surface area contributed by atoms with Crippen molar-refractivity contribution in [2.75, 3.05) is 0 Å². The van der Waals surface area contributed by atoms with Crippen molar-refractivity contribution in [1.29, 1.82) is 0 Å². The summed E-state index contributed by atoms with van der Waals surface area (Å²) < 4.78 is 0.